The lowest BCUT2D eigenvalue weighted by atomic mass is 10.1. The topological polar surface area (TPSA) is 93.8 Å². The second-order valence-electron chi connectivity index (χ2n) is 3.63. The van der Waals surface area contributed by atoms with Gasteiger partial charge in [0.1, 0.15) is 6.61 Å². The summed E-state index contributed by atoms with van der Waals surface area (Å²) in [5, 5.41) is 10.9. The molecule has 0 radical (unpaired) electrons. The van der Waals surface area contributed by atoms with Crippen LogP contribution in [0.15, 0.2) is 24.3 Å². The second kappa shape index (κ2) is 6.97. The fourth-order valence-electron chi connectivity index (χ4n) is 1.21. The molecule has 0 aromatic heterocycles. The van der Waals surface area contributed by atoms with Gasteiger partial charge in [0.15, 0.2) is 0 Å². The van der Waals surface area contributed by atoms with Gasteiger partial charge in [-0.15, -0.1) is 0 Å². The molecule has 1 aromatic rings. The lowest BCUT2D eigenvalue weighted by molar-refractivity contribution is -0.253. The highest BCUT2D eigenvalue weighted by Crippen LogP contribution is 2.05. The van der Waals surface area contributed by atoms with Gasteiger partial charge in [0.25, 0.3) is 5.91 Å². The molecule has 0 bridgehead atoms. The van der Waals surface area contributed by atoms with Crippen molar-refractivity contribution in [3.63, 3.8) is 0 Å². The van der Waals surface area contributed by atoms with E-state index in [0.29, 0.717) is 12.1 Å². The molecule has 4 N–H and O–H groups in total. The predicted molar refractivity (Wildman–Crippen MR) is 60.9 cm³/mol. The largest absolute Gasteiger partial charge is 0.349 e. The molecule has 17 heavy (non-hydrogen) atoms. The Hall–Kier alpha value is -1.47. The van der Waals surface area contributed by atoms with Gasteiger partial charge in [-0.05, 0) is 24.6 Å². The molecular weight excluding hydrogens is 224 g/mol. The Morgan fingerprint density at radius 1 is 1.47 bits per heavy atom. The van der Waals surface area contributed by atoms with Gasteiger partial charge in [0, 0.05) is 12.1 Å². The van der Waals surface area contributed by atoms with E-state index in [1.54, 1.807) is 31.2 Å². The van der Waals surface area contributed by atoms with E-state index in [1.807, 2.05) is 0 Å². The van der Waals surface area contributed by atoms with Crippen LogP contribution in [-0.4, -0.2) is 23.8 Å². The molecular formula is C11H16N2O4. The second-order valence-corrected chi connectivity index (χ2v) is 3.63. The molecule has 6 heteroatoms. The number of hydrogen-bond acceptors (Lipinski definition) is 5. The molecule has 0 fully saturated rings. The SMILES string of the molecule is CC(CNC(=O)c1ccc(COO)cc1)ON. The van der Waals surface area contributed by atoms with Crippen LogP contribution in [0, 0.1) is 0 Å². The first-order valence-electron chi connectivity index (χ1n) is 5.16. The summed E-state index contributed by atoms with van der Waals surface area (Å²) >= 11 is 0. The normalized spacial score (nSPS) is 12.2. The molecule has 1 aromatic carbocycles. The molecule has 0 saturated carbocycles. The van der Waals surface area contributed by atoms with Crippen molar-refractivity contribution in [2.75, 3.05) is 6.54 Å². The Bertz CT molecular complexity index is 353. The van der Waals surface area contributed by atoms with Crippen LogP contribution in [0.3, 0.4) is 0 Å². The fraction of sp³-hybridized carbons (Fsp3) is 0.364. The average Bonchev–Trinajstić information content (AvgIpc) is 2.36. The van der Waals surface area contributed by atoms with Gasteiger partial charge in [-0.1, -0.05) is 12.1 Å². The quantitative estimate of drug-likeness (QED) is 0.502. The number of nitrogens with one attached hydrogen (secondary N) is 1. The first-order valence-corrected chi connectivity index (χ1v) is 5.16. The molecule has 94 valence electrons. The summed E-state index contributed by atoms with van der Waals surface area (Å²) < 4.78 is 0. The number of carbonyl (C=O) groups is 1. The van der Waals surface area contributed by atoms with Crippen LogP contribution in [0.2, 0.25) is 0 Å². The molecule has 0 aliphatic carbocycles. The predicted octanol–water partition coefficient (Wildman–Crippen LogP) is 0.685. The smallest absolute Gasteiger partial charge is 0.251 e. The van der Waals surface area contributed by atoms with Gasteiger partial charge < -0.3 is 5.32 Å². The summed E-state index contributed by atoms with van der Waals surface area (Å²) in [6.07, 6.45) is -0.235. The highest BCUT2D eigenvalue weighted by molar-refractivity contribution is 5.94. The first kappa shape index (κ1) is 13.6. The zero-order valence-corrected chi connectivity index (χ0v) is 9.55. The summed E-state index contributed by atoms with van der Waals surface area (Å²) in [4.78, 5) is 20.2. The molecule has 1 atom stereocenters. The van der Waals surface area contributed by atoms with Crippen molar-refractivity contribution < 1.29 is 19.8 Å². The maximum absolute atomic E-state index is 11.6. The number of benzene rings is 1. The molecule has 0 saturated heterocycles. The summed E-state index contributed by atoms with van der Waals surface area (Å²) in [5.74, 6) is 4.76. The summed E-state index contributed by atoms with van der Waals surface area (Å²) in [5.41, 5.74) is 1.30. The van der Waals surface area contributed by atoms with Crippen molar-refractivity contribution in [2.45, 2.75) is 19.6 Å². The van der Waals surface area contributed by atoms with Gasteiger partial charge in [0.05, 0.1) is 6.10 Å². The van der Waals surface area contributed by atoms with Crippen molar-refractivity contribution in [3.8, 4) is 0 Å². The van der Waals surface area contributed by atoms with Crippen LogP contribution in [0.4, 0.5) is 0 Å². The van der Waals surface area contributed by atoms with Crippen LogP contribution < -0.4 is 11.2 Å². The number of hydrogen-bond donors (Lipinski definition) is 3. The molecule has 0 heterocycles. The fourth-order valence-corrected chi connectivity index (χ4v) is 1.21. The van der Waals surface area contributed by atoms with E-state index in [9.17, 15) is 4.79 Å². The van der Waals surface area contributed by atoms with Crippen LogP contribution in [0.25, 0.3) is 0 Å². The van der Waals surface area contributed by atoms with Gasteiger partial charge in [-0.25, -0.2) is 10.8 Å². The Balaban J connectivity index is 2.51. The average molecular weight is 240 g/mol. The van der Waals surface area contributed by atoms with E-state index in [1.165, 1.54) is 0 Å². The van der Waals surface area contributed by atoms with Crippen LogP contribution in [-0.2, 0) is 16.3 Å². The highest BCUT2D eigenvalue weighted by atomic mass is 17.1. The monoisotopic (exact) mass is 240 g/mol. The summed E-state index contributed by atoms with van der Waals surface area (Å²) in [6, 6.07) is 6.71. The van der Waals surface area contributed by atoms with E-state index in [0.717, 1.165) is 5.56 Å². The number of carbonyl (C=O) groups excluding carboxylic acids is 1. The van der Waals surface area contributed by atoms with Crippen molar-refractivity contribution >= 4 is 5.91 Å². The van der Waals surface area contributed by atoms with Crippen LogP contribution in [0.1, 0.15) is 22.8 Å². The van der Waals surface area contributed by atoms with Crippen molar-refractivity contribution in [3.05, 3.63) is 35.4 Å². The standard InChI is InChI=1S/C11H16N2O4/c1-8(17-12)6-13-11(14)10-4-2-9(3-5-10)7-16-15/h2-5,8,15H,6-7,12H2,1H3,(H,13,14). The summed E-state index contributed by atoms with van der Waals surface area (Å²) in [6.45, 7) is 2.19. The minimum Gasteiger partial charge on any atom is -0.349 e. The van der Waals surface area contributed by atoms with Gasteiger partial charge in [-0.2, -0.15) is 0 Å². The minimum atomic E-state index is -0.235. The lowest BCUT2D eigenvalue weighted by Crippen LogP contribution is -2.33. The highest BCUT2D eigenvalue weighted by Gasteiger charge is 2.07. The maximum atomic E-state index is 11.6. The third-order valence-electron chi connectivity index (χ3n) is 2.23. The molecule has 1 rings (SSSR count). The maximum Gasteiger partial charge on any atom is 0.251 e. The zero-order valence-electron chi connectivity index (χ0n) is 9.55. The van der Waals surface area contributed by atoms with Crippen LogP contribution in [0.5, 0.6) is 0 Å². The van der Waals surface area contributed by atoms with Crippen LogP contribution >= 0.6 is 0 Å². The van der Waals surface area contributed by atoms with E-state index in [-0.39, 0.29) is 18.6 Å². The Labute approximate surface area is 99.2 Å². The Kier molecular flexibility index (Phi) is 5.58. The Morgan fingerprint density at radius 3 is 2.65 bits per heavy atom. The third-order valence-corrected chi connectivity index (χ3v) is 2.23. The van der Waals surface area contributed by atoms with E-state index in [4.69, 9.17) is 11.2 Å². The Morgan fingerprint density at radius 2 is 2.12 bits per heavy atom. The van der Waals surface area contributed by atoms with Gasteiger partial charge >= 0.3 is 0 Å². The third kappa shape index (κ3) is 4.49. The molecule has 0 spiro atoms. The minimum absolute atomic E-state index is 0.0972. The molecule has 0 aliphatic rings. The van der Waals surface area contributed by atoms with Crippen molar-refractivity contribution in [2.24, 2.45) is 5.90 Å². The number of rotatable bonds is 6. The van der Waals surface area contributed by atoms with E-state index >= 15 is 0 Å². The van der Waals surface area contributed by atoms with Gasteiger partial charge in [-0.3, -0.25) is 14.9 Å². The molecule has 0 aliphatic heterocycles. The van der Waals surface area contributed by atoms with Crippen molar-refractivity contribution in [1.82, 2.24) is 5.32 Å². The van der Waals surface area contributed by atoms with E-state index < -0.39 is 0 Å². The van der Waals surface area contributed by atoms with Crippen molar-refractivity contribution in [1.29, 1.82) is 0 Å². The lowest BCUT2D eigenvalue weighted by Gasteiger charge is -2.10. The first-order chi connectivity index (χ1) is 8.17. The molecule has 1 unspecified atom stereocenters. The van der Waals surface area contributed by atoms with E-state index in [2.05, 4.69) is 15.0 Å². The zero-order chi connectivity index (χ0) is 12.7. The summed E-state index contributed by atoms with van der Waals surface area (Å²) in [7, 11) is 0. The number of nitrogens with two attached hydrogens (primary N) is 1. The number of amides is 1. The molecule has 1 amide bonds. The molecule has 6 nitrogen and oxygen atoms in total. The van der Waals surface area contributed by atoms with Gasteiger partial charge in [0.2, 0.25) is 0 Å².